The maximum absolute atomic E-state index is 12.3. The molecule has 4 aromatic carbocycles. The fourth-order valence-electron chi connectivity index (χ4n) is 6.67. The lowest BCUT2D eigenvalue weighted by atomic mass is 9.95. The van der Waals surface area contributed by atoms with Crippen molar-refractivity contribution < 1.29 is 53.3 Å². The zero-order chi connectivity index (χ0) is 37.7. The Morgan fingerprint density at radius 3 is 1.56 bits per heavy atom. The third kappa shape index (κ3) is 10.8. The summed E-state index contributed by atoms with van der Waals surface area (Å²) < 4.78 is 44.4. The largest absolute Gasteiger partial charge is 0.394 e. The third-order valence-corrected chi connectivity index (χ3v) is 9.37. The molecule has 0 radical (unpaired) electrons. The van der Waals surface area contributed by atoms with Crippen molar-refractivity contribution in [2.75, 3.05) is 13.2 Å². The molecule has 2 saturated heterocycles. The number of carbonyl (C=O) groups excluding carboxylic acids is 1. The first-order valence-corrected chi connectivity index (χ1v) is 18.2. The van der Waals surface area contributed by atoms with Gasteiger partial charge >= 0.3 is 0 Å². The molecule has 2 aliphatic heterocycles. The van der Waals surface area contributed by atoms with E-state index < -0.39 is 73.9 Å². The lowest BCUT2D eigenvalue weighted by molar-refractivity contribution is -0.357. The number of hydrogen-bond donors (Lipinski definition) is 4. The highest BCUT2D eigenvalue weighted by molar-refractivity contribution is 5.73. The Bertz CT molecular complexity index is 1670. The van der Waals surface area contributed by atoms with Crippen molar-refractivity contribution in [1.29, 1.82) is 0 Å². The van der Waals surface area contributed by atoms with E-state index in [-0.39, 0.29) is 26.4 Å². The summed E-state index contributed by atoms with van der Waals surface area (Å²) in [4.78, 5) is 12.3. The van der Waals surface area contributed by atoms with E-state index >= 15 is 0 Å². The Hall–Kier alpha value is -4.05. The summed E-state index contributed by atoms with van der Waals surface area (Å²) in [5.74, 6) is -0.436. The van der Waals surface area contributed by atoms with E-state index in [1.54, 1.807) is 0 Å². The SMILES string of the molecule is CC(=O)N[C@@H]1[C@@H](OCc2ccccc2)[C@H](O[C@@H]2O[C@H](COCc3ccccc3)[C@H](OCc3ccccc3)[C@H](OCc3ccccc3)[C@H]2O)[C@@H](CO)O[C@H]1O. The van der Waals surface area contributed by atoms with Crippen LogP contribution < -0.4 is 5.32 Å². The van der Waals surface area contributed by atoms with Gasteiger partial charge in [-0.15, -0.1) is 0 Å². The van der Waals surface area contributed by atoms with Gasteiger partial charge < -0.3 is 53.8 Å². The molecule has 0 unspecified atom stereocenters. The maximum Gasteiger partial charge on any atom is 0.217 e. The average Bonchev–Trinajstić information content (AvgIpc) is 3.20. The molecule has 0 spiro atoms. The van der Waals surface area contributed by atoms with Gasteiger partial charge in [-0.25, -0.2) is 0 Å². The van der Waals surface area contributed by atoms with Gasteiger partial charge in [-0.2, -0.15) is 0 Å². The summed E-state index contributed by atoms with van der Waals surface area (Å²) in [6.45, 7) is 1.55. The minimum atomic E-state index is -1.53. The Kier molecular flexibility index (Phi) is 14.7. The maximum atomic E-state index is 12.3. The van der Waals surface area contributed by atoms with Crippen LogP contribution in [0, 0.1) is 0 Å². The Morgan fingerprint density at radius 2 is 1.07 bits per heavy atom. The van der Waals surface area contributed by atoms with Crippen LogP contribution in [0.2, 0.25) is 0 Å². The molecule has 2 heterocycles. The molecule has 6 rings (SSSR count). The van der Waals surface area contributed by atoms with Crippen molar-refractivity contribution in [3.63, 3.8) is 0 Å². The summed E-state index contributed by atoms with van der Waals surface area (Å²) >= 11 is 0. The Morgan fingerprint density at radius 1 is 0.611 bits per heavy atom. The van der Waals surface area contributed by atoms with Crippen LogP contribution in [0.4, 0.5) is 0 Å². The highest BCUT2D eigenvalue weighted by atomic mass is 16.7. The Labute approximate surface area is 315 Å². The number of ether oxygens (including phenoxy) is 7. The molecule has 1 amide bonds. The van der Waals surface area contributed by atoms with Gasteiger partial charge in [0.25, 0.3) is 0 Å². The van der Waals surface area contributed by atoms with Crippen molar-refractivity contribution in [1.82, 2.24) is 5.32 Å². The molecule has 2 fully saturated rings. The average molecular weight is 744 g/mol. The number of rotatable bonds is 17. The fourth-order valence-corrected chi connectivity index (χ4v) is 6.67. The molecule has 288 valence electrons. The van der Waals surface area contributed by atoms with Crippen LogP contribution in [0.1, 0.15) is 29.2 Å². The van der Waals surface area contributed by atoms with Gasteiger partial charge in [0.15, 0.2) is 12.6 Å². The topological polar surface area (TPSA) is 154 Å². The Balaban J connectivity index is 1.30. The number of benzene rings is 4. The summed E-state index contributed by atoms with van der Waals surface area (Å²) in [5, 5.41) is 36.3. The lowest BCUT2D eigenvalue weighted by Crippen LogP contribution is -2.68. The molecule has 2 aliphatic rings. The summed E-state index contributed by atoms with van der Waals surface area (Å²) in [6.07, 6.45) is -10.2. The van der Waals surface area contributed by atoms with Crippen molar-refractivity contribution in [3.05, 3.63) is 144 Å². The summed E-state index contributed by atoms with van der Waals surface area (Å²) in [6, 6.07) is 37.2. The highest BCUT2D eigenvalue weighted by Crippen LogP contribution is 2.33. The van der Waals surface area contributed by atoms with Crippen molar-refractivity contribution >= 4 is 5.91 Å². The predicted molar refractivity (Wildman–Crippen MR) is 196 cm³/mol. The fraction of sp³-hybridized carbons (Fsp3) is 0.405. The molecule has 0 aliphatic carbocycles. The van der Waals surface area contributed by atoms with E-state index in [0.717, 1.165) is 22.3 Å². The van der Waals surface area contributed by atoms with E-state index in [9.17, 15) is 20.1 Å². The molecule has 0 saturated carbocycles. The van der Waals surface area contributed by atoms with Gasteiger partial charge in [0.05, 0.1) is 39.6 Å². The standard InChI is InChI=1S/C42H49NO11/c1-28(45)43-35-39(50-25-31-18-10-4-11-19-31)38(33(22-44)52-41(35)47)54-42-36(46)40(51-26-32-20-12-5-13-21-32)37(49-24-30-16-8-3-9-17-30)34(53-42)27-48-23-29-14-6-2-7-15-29/h2-21,33-42,44,46-47H,22-27H2,1H3,(H,43,45)/t33-,34-,35-,36-,37+,38-,39-,40-,41-,42+/m1/s1. The number of aliphatic hydroxyl groups excluding tert-OH is 3. The molecule has 12 nitrogen and oxygen atoms in total. The van der Waals surface area contributed by atoms with Crippen LogP contribution in [0.3, 0.4) is 0 Å². The molecule has 54 heavy (non-hydrogen) atoms. The van der Waals surface area contributed by atoms with E-state index in [0.29, 0.717) is 6.61 Å². The minimum absolute atomic E-state index is 0.0535. The summed E-state index contributed by atoms with van der Waals surface area (Å²) in [5.41, 5.74) is 3.60. The molecular weight excluding hydrogens is 694 g/mol. The van der Waals surface area contributed by atoms with Crippen molar-refractivity contribution in [2.24, 2.45) is 0 Å². The molecule has 10 atom stereocenters. The quantitative estimate of drug-likeness (QED) is 0.125. The van der Waals surface area contributed by atoms with Gasteiger partial charge in [-0.1, -0.05) is 121 Å². The van der Waals surface area contributed by atoms with Crippen molar-refractivity contribution in [3.8, 4) is 0 Å². The van der Waals surface area contributed by atoms with Crippen LogP contribution in [0.25, 0.3) is 0 Å². The second kappa shape index (κ2) is 20.0. The smallest absolute Gasteiger partial charge is 0.217 e. The number of nitrogens with one attached hydrogen (secondary N) is 1. The van der Waals surface area contributed by atoms with Crippen LogP contribution >= 0.6 is 0 Å². The second-order valence-electron chi connectivity index (χ2n) is 13.4. The monoisotopic (exact) mass is 743 g/mol. The molecular formula is C42H49NO11. The van der Waals surface area contributed by atoms with E-state index in [2.05, 4.69) is 5.32 Å². The normalized spacial score (nSPS) is 28.4. The van der Waals surface area contributed by atoms with Gasteiger partial charge in [0.2, 0.25) is 5.91 Å². The molecule has 0 aromatic heterocycles. The van der Waals surface area contributed by atoms with E-state index in [1.165, 1.54) is 6.92 Å². The molecule has 12 heteroatoms. The van der Waals surface area contributed by atoms with E-state index in [1.807, 2.05) is 121 Å². The van der Waals surface area contributed by atoms with Crippen LogP contribution in [0.15, 0.2) is 121 Å². The van der Waals surface area contributed by atoms with Crippen LogP contribution in [0.5, 0.6) is 0 Å². The second-order valence-corrected chi connectivity index (χ2v) is 13.4. The first-order chi connectivity index (χ1) is 26.4. The predicted octanol–water partition coefficient (Wildman–Crippen LogP) is 3.64. The van der Waals surface area contributed by atoms with Crippen LogP contribution in [-0.4, -0.2) is 95.8 Å². The van der Waals surface area contributed by atoms with Crippen molar-refractivity contribution in [2.45, 2.75) is 94.7 Å². The molecule has 0 bridgehead atoms. The number of carbonyl (C=O) groups is 1. The molecule has 4 N–H and O–H groups in total. The van der Waals surface area contributed by atoms with Crippen LogP contribution in [-0.2, 0) is 64.4 Å². The zero-order valence-corrected chi connectivity index (χ0v) is 30.2. The third-order valence-electron chi connectivity index (χ3n) is 9.37. The number of hydrogen-bond acceptors (Lipinski definition) is 11. The number of amides is 1. The van der Waals surface area contributed by atoms with Gasteiger partial charge in [0.1, 0.15) is 48.8 Å². The highest BCUT2D eigenvalue weighted by Gasteiger charge is 2.53. The van der Waals surface area contributed by atoms with Gasteiger partial charge in [-0.3, -0.25) is 4.79 Å². The summed E-state index contributed by atoms with van der Waals surface area (Å²) in [7, 11) is 0. The van der Waals surface area contributed by atoms with E-state index in [4.69, 9.17) is 33.2 Å². The lowest BCUT2D eigenvalue weighted by Gasteiger charge is -2.48. The molecule has 4 aromatic rings. The zero-order valence-electron chi connectivity index (χ0n) is 30.2. The minimum Gasteiger partial charge on any atom is -0.394 e. The van der Waals surface area contributed by atoms with Gasteiger partial charge in [-0.05, 0) is 22.3 Å². The first-order valence-electron chi connectivity index (χ1n) is 18.2. The van der Waals surface area contributed by atoms with Gasteiger partial charge in [0, 0.05) is 6.92 Å². The number of aliphatic hydroxyl groups is 3. The first kappa shape index (κ1) is 39.6.